The molecule has 0 fully saturated rings. The number of ether oxygens (including phenoxy) is 2. The van der Waals surface area contributed by atoms with Crippen LogP contribution in [0, 0.1) is 0 Å². The van der Waals surface area contributed by atoms with Crippen molar-refractivity contribution in [3.8, 4) is 11.5 Å². The minimum Gasteiger partial charge on any atom is -0.486 e. The van der Waals surface area contributed by atoms with Crippen LogP contribution in [0.4, 0.5) is 5.69 Å². The monoisotopic (exact) mass is 408 g/mol. The summed E-state index contributed by atoms with van der Waals surface area (Å²) in [4.78, 5) is 24.6. The fourth-order valence-electron chi connectivity index (χ4n) is 2.87. The number of rotatable bonds is 3. The first-order valence-corrected chi connectivity index (χ1v) is 9.75. The van der Waals surface area contributed by atoms with Gasteiger partial charge in [-0.2, -0.15) is 0 Å². The van der Waals surface area contributed by atoms with Gasteiger partial charge in [0.2, 0.25) is 5.91 Å². The van der Waals surface area contributed by atoms with Gasteiger partial charge >= 0.3 is 0 Å². The lowest BCUT2D eigenvalue weighted by Gasteiger charge is -2.20. The van der Waals surface area contributed by atoms with Crippen molar-refractivity contribution in [2.45, 2.75) is 4.90 Å². The zero-order valence-electron chi connectivity index (χ0n) is 13.8. The SMILES string of the molecule is O=C(CN1C(=O)c2ccccc2S1(=O)=O)Nc1cc2c(cc1Cl)OCCO2. The summed E-state index contributed by atoms with van der Waals surface area (Å²) >= 11 is 6.13. The average Bonchev–Trinajstić information content (AvgIpc) is 2.83. The van der Waals surface area contributed by atoms with Crippen LogP contribution in [-0.2, 0) is 14.8 Å². The van der Waals surface area contributed by atoms with Gasteiger partial charge in [0.25, 0.3) is 15.9 Å². The maximum atomic E-state index is 12.5. The Hall–Kier alpha value is -2.78. The molecule has 0 radical (unpaired) electrons. The van der Waals surface area contributed by atoms with Crippen LogP contribution in [0.2, 0.25) is 5.02 Å². The van der Waals surface area contributed by atoms with Crippen molar-refractivity contribution in [1.29, 1.82) is 0 Å². The molecule has 27 heavy (non-hydrogen) atoms. The van der Waals surface area contributed by atoms with Crippen molar-refractivity contribution in [3.05, 3.63) is 47.0 Å². The van der Waals surface area contributed by atoms with Gasteiger partial charge in [0.1, 0.15) is 24.7 Å². The van der Waals surface area contributed by atoms with Crippen LogP contribution in [0.15, 0.2) is 41.3 Å². The Morgan fingerprint density at radius 1 is 1.15 bits per heavy atom. The fourth-order valence-corrected chi connectivity index (χ4v) is 4.59. The predicted octanol–water partition coefficient (Wildman–Crippen LogP) is 1.89. The molecule has 2 aromatic rings. The van der Waals surface area contributed by atoms with Gasteiger partial charge in [-0.15, -0.1) is 0 Å². The molecule has 2 aromatic carbocycles. The van der Waals surface area contributed by atoms with Crippen LogP contribution in [0.1, 0.15) is 10.4 Å². The molecule has 2 amide bonds. The van der Waals surface area contributed by atoms with Gasteiger partial charge in [0, 0.05) is 12.1 Å². The summed E-state index contributed by atoms with van der Waals surface area (Å²) in [6, 6.07) is 8.80. The minimum atomic E-state index is -4.06. The highest BCUT2D eigenvalue weighted by molar-refractivity contribution is 7.90. The number of nitrogens with zero attached hydrogens (tertiary/aromatic N) is 1. The molecule has 10 heteroatoms. The first kappa shape index (κ1) is 17.6. The molecule has 1 N–H and O–H groups in total. The van der Waals surface area contributed by atoms with E-state index in [9.17, 15) is 18.0 Å². The van der Waals surface area contributed by atoms with Crippen LogP contribution < -0.4 is 14.8 Å². The van der Waals surface area contributed by atoms with Crippen molar-refractivity contribution < 1.29 is 27.5 Å². The van der Waals surface area contributed by atoms with E-state index in [1.165, 1.54) is 30.3 Å². The predicted molar refractivity (Wildman–Crippen MR) is 95.7 cm³/mol. The first-order valence-electron chi connectivity index (χ1n) is 7.93. The van der Waals surface area contributed by atoms with Crippen LogP contribution >= 0.6 is 11.6 Å². The van der Waals surface area contributed by atoms with Gasteiger partial charge in [0.15, 0.2) is 11.5 Å². The van der Waals surface area contributed by atoms with Crippen molar-refractivity contribution in [2.75, 3.05) is 25.1 Å². The Morgan fingerprint density at radius 2 is 1.81 bits per heavy atom. The van der Waals surface area contributed by atoms with Crippen LogP contribution in [-0.4, -0.2) is 44.3 Å². The number of fused-ring (bicyclic) bond motifs is 2. The average molecular weight is 409 g/mol. The number of benzene rings is 2. The summed E-state index contributed by atoms with van der Waals surface area (Å²) < 4.78 is 36.4. The van der Waals surface area contributed by atoms with Gasteiger partial charge in [-0.25, -0.2) is 12.7 Å². The molecule has 8 nitrogen and oxygen atoms in total. The molecule has 140 valence electrons. The van der Waals surface area contributed by atoms with E-state index in [0.717, 1.165) is 0 Å². The quantitative estimate of drug-likeness (QED) is 0.832. The maximum absolute atomic E-state index is 12.5. The van der Waals surface area contributed by atoms with E-state index in [-0.39, 0.29) is 21.2 Å². The number of carbonyl (C=O) groups excluding carboxylic acids is 2. The van der Waals surface area contributed by atoms with Gasteiger partial charge in [0.05, 0.1) is 16.3 Å². The van der Waals surface area contributed by atoms with Gasteiger partial charge in [-0.05, 0) is 12.1 Å². The molecule has 2 aliphatic rings. The molecular weight excluding hydrogens is 396 g/mol. The highest BCUT2D eigenvalue weighted by atomic mass is 35.5. The second kappa shape index (κ2) is 6.43. The van der Waals surface area contributed by atoms with Gasteiger partial charge in [-0.1, -0.05) is 23.7 Å². The Morgan fingerprint density at radius 3 is 2.52 bits per heavy atom. The molecule has 2 heterocycles. The minimum absolute atomic E-state index is 0.0441. The Balaban J connectivity index is 1.55. The molecule has 0 aromatic heterocycles. The summed E-state index contributed by atoms with van der Waals surface area (Å²) in [7, 11) is -4.06. The zero-order chi connectivity index (χ0) is 19.2. The number of carbonyl (C=O) groups is 2. The smallest absolute Gasteiger partial charge is 0.269 e. The van der Waals surface area contributed by atoms with E-state index in [0.29, 0.717) is 29.0 Å². The molecule has 0 unspecified atom stereocenters. The van der Waals surface area contributed by atoms with E-state index in [1.54, 1.807) is 6.07 Å². The largest absolute Gasteiger partial charge is 0.486 e. The normalized spacial score (nSPS) is 16.8. The van der Waals surface area contributed by atoms with Crippen molar-refractivity contribution in [1.82, 2.24) is 4.31 Å². The lowest BCUT2D eigenvalue weighted by Crippen LogP contribution is -2.37. The Bertz CT molecular complexity index is 1070. The number of hydrogen-bond donors (Lipinski definition) is 1. The van der Waals surface area contributed by atoms with Crippen molar-refractivity contribution >= 4 is 39.1 Å². The summed E-state index contributed by atoms with van der Waals surface area (Å²) in [5.41, 5.74) is 0.273. The first-order chi connectivity index (χ1) is 12.9. The van der Waals surface area contributed by atoms with E-state index >= 15 is 0 Å². The molecule has 0 spiro atoms. The second-order valence-electron chi connectivity index (χ2n) is 5.84. The number of sulfonamides is 1. The second-order valence-corrected chi connectivity index (χ2v) is 8.07. The standard InChI is InChI=1S/C17H13ClN2O6S/c18-11-7-13-14(26-6-5-25-13)8-12(11)19-16(21)9-20-17(22)10-3-1-2-4-15(10)27(20,23)24/h1-4,7-8H,5-6,9H2,(H,19,21). The third-order valence-electron chi connectivity index (χ3n) is 4.11. The number of amides is 2. The number of halogens is 1. The molecule has 0 atom stereocenters. The zero-order valence-corrected chi connectivity index (χ0v) is 15.3. The van der Waals surface area contributed by atoms with Gasteiger partial charge < -0.3 is 14.8 Å². The van der Waals surface area contributed by atoms with Gasteiger partial charge in [-0.3, -0.25) is 9.59 Å². The Kier molecular flexibility index (Phi) is 4.20. The summed E-state index contributed by atoms with van der Waals surface area (Å²) in [6.07, 6.45) is 0. The lowest BCUT2D eigenvalue weighted by atomic mass is 10.2. The number of anilines is 1. The third-order valence-corrected chi connectivity index (χ3v) is 6.20. The highest BCUT2D eigenvalue weighted by Gasteiger charge is 2.41. The fraction of sp³-hybridized carbons (Fsp3) is 0.176. The molecule has 0 saturated carbocycles. The van der Waals surface area contributed by atoms with Crippen LogP contribution in [0.5, 0.6) is 11.5 Å². The van der Waals surface area contributed by atoms with E-state index in [2.05, 4.69) is 5.32 Å². The van der Waals surface area contributed by atoms with E-state index < -0.39 is 28.4 Å². The highest BCUT2D eigenvalue weighted by Crippen LogP contribution is 2.38. The summed E-state index contributed by atoms with van der Waals surface area (Å²) in [5, 5.41) is 2.71. The maximum Gasteiger partial charge on any atom is 0.269 e. The molecular formula is C17H13ClN2O6S. The van der Waals surface area contributed by atoms with E-state index in [1.807, 2.05) is 0 Å². The summed E-state index contributed by atoms with van der Waals surface area (Å²) in [5.74, 6) is -0.581. The van der Waals surface area contributed by atoms with E-state index in [4.69, 9.17) is 21.1 Å². The molecule has 0 aliphatic carbocycles. The number of nitrogens with one attached hydrogen (secondary N) is 1. The molecule has 0 saturated heterocycles. The topological polar surface area (TPSA) is 102 Å². The van der Waals surface area contributed by atoms with Crippen LogP contribution in [0.25, 0.3) is 0 Å². The van der Waals surface area contributed by atoms with Crippen molar-refractivity contribution in [2.24, 2.45) is 0 Å². The van der Waals surface area contributed by atoms with Crippen molar-refractivity contribution in [3.63, 3.8) is 0 Å². The number of hydrogen-bond acceptors (Lipinski definition) is 6. The molecule has 2 aliphatic heterocycles. The molecule has 4 rings (SSSR count). The molecule has 0 bridgehead atoms. The summed E-state index contributed by atoms with van der Waals surface area (Å²) in [6.45, 7) is 0.0892. The van der Waals surface area contributed by atoms with Crippen LogP contribution in [0.3, 0.4) is 0 Å². The Labute approximate surface area is 159 Å². The third kappa shape index (κ3) is 2.98. The lowest BCUT2D eigenvalue weighted by molar-refractivity contribution is -0.116.